The van der Waals surface area contributed by atoms with Crippen LogP contribution in [0.25, 0.3) is 0 Å². The third-order valence-corrected chi connectivity index (χ3v) is 6.47. The van der Waals surface area contributed by atoms with Gasteiger partial charge in [0.25, 0.3) is 0 Å². The molecule has 0 unspecified atom stereocenters. The van der Waals surface area contributed by atoms with Crippen molar-refractivity contribution < 1.29 is 19.4 Å². The fourth-order valence-corrected chi connectivity index (χ4v) is 4.90. The Hall–Kier alpha value is -3.93. The lowest BCUT2D eigenvalue weighted by Crippen LogP contribution is -2.26. The van der Waals surface area contributed by atoms with Crippen LogP contribution < -0.4 is 20.1 Å². The molecule has 0 spiro atoms. The number of hydrogen-bond donors (Lipinski definition) is 3. The van der Waals surface area contributed by atoms with Gasteiger partial charge in [0.2, 0.25) is 0 Å². The number of phenols is 1. The van der Waals surface area contributed by atoms with Gasteiger partial charge in [-0.3, -0.25) is 4.79 Å². The first kappa shape index (κ1) is 21.9. The summed E-state index contributed by atoms with van der Waals surface area (Å²) in [5.74, 6) is 1.64. The first-order valence-electron chi connectivity index (χ1n) is 11.6. The Morgan fingerprint density at radius 1 is 0.941 bits per heavy atom. The first-order valence-corrected chi connectivity index (χ1v) is 11.6. The molecule has 1 aliphatic carbocycles. The predicted octanol–water partition coefficient (Wildman–Crippen LogP) is 5.78. The number of ether oxygens (including phenoxy) is 2. The summed E-state index contributed by atoms with van der Waals surface area (Å²) in [5, 5.41) is 17.2. The molecule has 6 heteroatoms. The van der Waals surface area contributed by atoms with Crippen molar-refractivity contribution in [3.05, 3.63) is 89.1 Å². The highest BCUT2D eigenvalue weighted by atomic mass is 16.5. The van der Waals surface area contributed by atoms with Gasteiger partial charge in [-0.05, 0) is 66.8 Å². The smallest absolute Gasteiger partial charge is 0.163 e. The van der Waals surface area contributed by atoms with Crippen molar-refractivity contribution in [3.8, 4) is 17.2 Å². The average Bonchev–Trinajstić information content (AvgIpc) is 3.01. The topological polar surface area (TPSA) is 79.8 Å². The standard InChI is InChI=1S/C28H28N2O4/c1-3-34-25-12-11-17(16-26(25)33-2)19-14-23-27(24(32)15-19)28(18-7-6-8-20(31)13-18)30-22-10-5-4-9-21(22)29-23/h4-13,16,19,28-31H,3,14-15H2,1-2H3/t19-,28+/m1/s1. The average molecular weight is 457 g/mol. The molecular formula is C28H28N2O4. The van der Waals surface area contributed by atoms with Crippen molar-refractivity contribution >= 4 is 17.2 Å². The molecule has 1 aliphatic heterocycles. The molecule has 3 aromatic carbocycles. The third-order valence-electron chi connectivity index (χ3n) is 6.47. The summed E-state index contributed by atoms with van der Waals surface area (Å²) in [6.07, 6.45) is 1.08. The van der Waals surface area contributed by atoms with E-state index in [0.29, 0.717) is 30.9 Å². The second-order valence-electron chi connectivity index (χ2n) is 8.61. The van der Waals surface area contributed by atoms with Gasteiger partial charge in [-0.2, -0.15) is 0 Å². The van der Waals surface area contributed by atoms with Crippen molar-refractivity contribution in [2.24, 2.45) is 0 Å². The molecule has 5 rings (SSSR count). The normalized spacial score (nSPS) is 19.3. The fraction of sp³-hybridized carbons (Fsp3) is 0.250. The minimum Gasteiger partial charge on any atom is -0.508 e. The third kappa shape index (κ3) is 4.07. The van der Waals surface area contributed by atoms with Crippen LogP contribution in [-0.2, 0) is 4.79 Å². The summed E-state index contributed by atoms with van der Waals surface area (Å²) in [7, 11) is 1.63. The van der Waals surface area contributed by atoms with Gasteiger partial charge in [-0.25, -0.2) is 0 Å². The van der Waals surface area contributed by atoms with Crippen LogP contribution in [0.1, 0.15) is 42.9 Å². The van der Waals surface area contributed by atoms with Crippen LogP contribution in [0.4, 0.5) is 11.4 Å². The highest BCUT2D eigenvalue weighted by Crippen LogP contribution is 2.45. The summed E-state index contributed by atoms with van der Waals surface area (Å²) >= 11 is 0. The second-order valence-corrected chi connectivity index (χ2v) is 8.61. The maximum atomic E-state index is 13.7. The van der Waals surface area contributed by atoms with Crippen LogP contribution in [0.15, 0.2) is 78.0 Å². The Balaban J connectivity index is 1.56. The zero-order valence-electron chi connectivity index (χ0n) is 19.3. The second kappa shape index (κ2) is 9.14. The molecule has 0 radical (unpaired) electrons. The van der Waals surface area contributed by atoms with Gasteiger partial charge >= 0.3 is 0 Å². The number of methoxy groups -OCH3 is 1. The van der Waals surface area contributed by atoms with E-state index in [0.717, 1.165) is 33.8 Å². The number of anilines is 2. The molecule has 0 fully saturated rings. The molecule has 1 heterocycles. The quantitative estimate of drug-likeness (QED) is 0.452. The number of carbonyl (C=O) groups excluding carboxylic acids is 1. The molecule has 0 bridgehead atoms. The lowest BCUT2D eigenvalue weighted by molar-refractivity contribution is -0.116. The van der Waals surface area contributed by atoms with Crippen molar-refractivity contribution in [2.45, 2.75) is 31.7 Å². The van der Waals surface area contributed by atoms with E-state index in [4.69, 9.17) is 9.47 Å². The van der Waals surface area contributed by atoms with Crippen molar-refractivity contribution in [3.63, 3.8) is 0 Å². The molecule has 2 aliphatic rings. The predicted molar refractivity (Wildman–Crippen MR) is 133 cm³/mol. The van der Waals surface area contributed by atoms with Gasteiger partial charge in [-0.1, -0.05) is 30.3 Å². The van der Waals surface area contributed by atoms with E-state index in [1.807, 2.05) is 55.5 Å². The molecule has 3 N–H and O–H groups in total. The number of fused-ring (bicyclic) bond motifs is 1. The van der Waals surface area contributed by atoms with E-state index in [1.165, 1.54) is 0 Å². The molecule has 3 aromatic rings. The molecule has 0 saturated heterocycles. The van der Waals surface area contributed by atoms with E-state index in [9.17, 15) is 9.90 Å². The Labute approximate surface area is 199 Å². The summed E-state index contributed by atoms with van der Waals surface area (Å²) in [6, 6.07) is 20.6. The summed E-state index contributed by atoms with van der Waals surface area (Å²) in [4.78, 5) is 13.7. The number of nitrogens with one attached hydrogen (secondary N) is 2. The lowest BCUT2D eigenvalue weighted by atomic mass is 9.78. The maximum Gasteiger partial charge on any atom is 0.163 e. The van der Waals surface area contributed by atoms with Crippen LogP contribution in [0.5, 0.6) is 17.2 Å². The summed E-state index contributed by atoms with van der Waals surface area (Å²) in [6.45, 7) is 2.49. The van der Waals surface area contributed by atoms with Crippen LogP contribution in [-0.4, -0.2) is 24.6 Å². The molecular weight excluding hydrogens is 428 g/mol. The van der Waals surface area contributed by atoms with Crippen LogP contribution in [0, 0.1) is 0 Å². The Morgan fingerprint density at radius 2 is 1.76 bits per heavy atom. The van der Waals surface area contributed by atoms with Gasteiger partial charge in [0.15, 0.2) is 17.3 Å². The number of ketones is 1. The Bertz CT molecular complexity index is 1270. The van der Waals surface area contributed by atoms with Crippen LogP contribution >= 0.6 is 0 Å². The van der Waals surface area contributed by atoms with Gasteiger partial charge < -0.3 is 25.2 Å². The van der Waals surface area contributed by atoms with Gasteiger partial charge in [0.1, 0.15) is 5.75 Å². The Morgan fingerprint density at radius 3 is 2.53 bits per heavy atom. The zero-order chi connectivity index (χ0) is 23.7. The van der Waals surface area contributed by atoms with Gasteiger partial charge in [0, 0.05) is 17.7 Å². The maximum absolute atomic E-state index is 13.7. The highest BCUT2D eigenvalue weighted by molar-refractivity contribution is 6.01. The van der Waals surface area contributed by atoms with Crippen molar-refractivity contribution in [2.75, 3.05) is 24.4 Å². The SMILES string of the molecule is CCOc1ccc([C@H]2CC(=O)C3=C(C2)Nc2ccccc2N[C@H]3c2cccc(O)c2)cc1OC. The number of hydrogen-bond acceptors (Lipinski definition) is 6. The minimum atomic E-state index is -0.360. The lowest BCUT2D eigenvalue weighted by Gasteiger charge is -2.30. The highest BCUT2D eigenvalue weighted by Gasteiger charge is 2.36. The van der Waals surface area contributed by atoms with E-state index >= 15 is 0 Å². The number of para-hydroxylation sites is 2. The molecule has 174 valence electrons. The molecule has 34 heavy (non-hydrogen) atoms. The molecule has 6 nitrogen and oxygen atoms in total. The van der Waals surface area contributed by atoms with Crippen LogP contribution in [0.3, 0.4) is 0 Å². The first-order chi connectivity index (χ1) is 16.6. The molecule has 0 saturated carbocycles. The van der Waals surface area contributed by atoms with Crippen LogP contribution in [0.2, 0.25) is 0 Å². The largest absolute Gasteiger partial charge is 0.508 e. The number of allylic oxidation sites excluding steroid dienone is 1. The van der Waals surface area contributed by atoms with E-state index in [1.54, 1.807) is 25.3 Å². The number of carbonyl (C=O) groups is 1. The van der Waals surface area contributed by atoms with Crippen molar-refractivity contribution in [1.82, 2.24) is 0 Å². The zero-order valence-corrected chi connectivity index (χ0v) is 19.3. The molecule has 0 aromatic heterocycles. The van der Waals surface area contributed by atoms with Gasteiger partial charge in [0.05, 0.1) is 31.1 Å². The monoisotopic (exact) mass is 456 g/mol. The number of phenolic OH excluding ortho intramolecular Hbond substituents is 1. The fourth-order valence-electron chi connectivity index (χ4n) is 4.90. The molecule has 2 atom stereocenters. The summed E-state index contributed by atoms with van der Waals surface area (Å²) in [5.41, 5.74) is 5.35. The van der Waals surface area contributed by atoms with E-state index < -0.39 is 0 Å². The van der Waals surface area contributed by atoms with E-state index in [2.05, 4.69) is 10.6 Å². The van der Waals surface area contributed by atoms with Crippen molar-refractivity contribution in [1.29, 1.82) is 0 Å². The number of Topliss-reactive ketones (excluding diaryl/α,β-unsaturated/α-hetero) is 1. The summed E-state index contributed by atoms with van der Waals surface area (Å²) < 4.78 is 11.2. The minimum absolute atomic E-state index is 0.0124. The number of rotatable bonds is 5. The van der Waals surface area contributed by atoms with Gasteiger partial charge in [-0.15, -0.1) is 0 Å². The number of benzene rings is 3. The van der Waals surface area contributed by atoms with E-state index in [-0.39, 0.29) is 23.5 Å². The molecule has 0 amide bonds. The number of aromatic hydroxyl groups is 1. The Kier molecular flexibility index (Phi) is 5.88.